The molecule has 0 spiro atoms. The van der Waals surface area contributed by atoms with Crippen LogP contribution in [0.1, 0.15) is 34.1 Å². The molecule has 1 aliphatic heterocycles. The number of amides is 5. The number of fused-ring (bicyclic) bond motifs is 1. The Bertz CT molecular complexity index is 577. The molecule has 0 atom stereocenters. The van der Waals surface area contributed by atoms with Gasteiger partial charge >= 0.3 is 6.03 Å². The maximum atomic E-state index is 12.0. The van der Waals surface area contributed by atoms with Gasteiger partial charge in [-0.15, -0.1) is 0 Å². The van der Waals surface area contributed by atoms with Crippen molar-refractivity contribution in [1.82, 2.24) is 15.5 Å². The largest absolute Gasteiger partial charge is 0.338 e. The van der Waals surface area contributed by atoms with Crippen molar-refractivity contribution in [3.05, 3.63) is 35.4 Å². The summed E-state index contributed by atoms with van der Waals surface area (Å²) in [6.07, 6.45) is 0.736. The molecule has 0 aromatic heterocycles. The molecule has 7 nitrogen and oxygen atoms in total. The standard InChI is InChI=1S/C14H15N3O4/c1-2-7-15-14(21)16-11(18)8-17-12(19)9-5-3-4-6-10(9)13(17)20/h3-6H,2,7-8H2,1H3,(H2,15,16,18,21). The van der Waals surface area contributed by atoms with Gasteiger partial charge in [-0.3, -0.25) is 24.6 Å². The molecule has 1 aliphatic rings. The molecule has 5 amide bonds. The predicted molar refractivity (Wildman–Crippen MR) is 73.6 cm³/mol. The molecule has 0 saturated heterocycles. The van der Waals surface area contributed by atoms with Gasteiger partial charge in [0.1, 0.15) is 6.54 Å². The van der Waals surface area contributed by atoms with E-state index in [4.69, 9.17) is 0 Å². The van der Waals surface area contributed by atoms with Crippen LogP contribution in [0.2, 0.25) is 0 Å². The van der Waals surface area contributed by atoms with Gasteiger partial charge in [-0.25, -0.2) is 4.79 Å². The van der Waals surface area contributed by atoms with Crippen LogP contribution < -0.4 is 10.6 Å². The van der Waals surface area contributed by atoms with Crippen LogP contribution in [-0.4, -0.2) is 41.7 Å². The van der Waals surface area contributed by atoms with Crippen molar-refractivity contribution in [3.8, 4) is 0 Å². The number of hydrogen-bond donors (Lipinski definition) is 2. The lowest BCUT2D eigenvalue weighted by Gasteiger charge is -2.13. The van der Waals surface area contributed by atoms with Crippen LogP contribution in [0.25, 0.3) is 0 Å². The van der Waals surface area contributed by atoms with Crippen molar-refractivity contribution < 1.29 is 19.2 Å². The number of carbonyl (C=O) groups is 4. The molecule has 1 aromatic carbocycles. The highest BCUT2D eigenvalue weighted by Gasteiger charge is 2.36. The zero-order valence-electron chi connectivity index (χ0n) is 11.5. The Hall–Kier alpha value is -2.70. The molecule has 0 aliphatic carbocycles. The normalized spacial score (nSPS) is 13.1. The van der Waals surface area contributed by atoms with E-state index in [1.54, 1.807) is 12.1 Å². The quantitative estimate of drug-likeness (QED) is 0.790. The fourth-order valence-corrected chi connectivity index (χ4v) is 1.98. The van der Waals surface area contributed by atoms with Gasteiger partial charge in [0.15, 0.2) is 0 Å². The Balaban J connectivity index is 1.99. The van der Waals surface area contributed by atoms with Gasteiger partial charge in [-0.1, -0.05) is 19.1 Å². The molecule has 1 aromatic rings. The minimum Gasteiger partial charge on any atom is -0.338 e. The summed E-state index contributed by atoms with van der Waals surface area (Å²) in [5.74, 6) is -1.77. The van der Waals surface area contributed by atoms with E-state index in [0.29, 0.717) is 6.54 Å². The fraction of sp³-hybridized carbons (Fsp3) is 0.286. The molecule has 2 rings (SSSR count). The van der Waals surface area contributed by atoms with Crippen molar-refractivity contribution in [2.75, 3.05) is 13.1 Å². The Morgan fingerprint density at radius 2 is 1.67 bits per heavy atom. The minimum atomic E-state index is -0.710. The fourth-order valence-electron chi connectivity index (χ4n) is 1.98. The van der Waals surface area contributed by atoms with Crippen molar-refractivity contribution in [2.45, 2.75) is 13.3 Å². The number of carbonyl (C=O) groups excluding carboxylic acids is 4. The molecule has 21 heavy (non-hydrogen) atoms. The molecule has 110 valence electrons. The lowest BCUT2D eigenvalue weighted by Crippen LogP contribution is -2.46. The molecule has 0 saturated carbocycles. The second-order valence-corrected chi connectivity index (χ2v) is 4.55. The summed E-state index contributed by atoms with van der Waals surface area (Å²) in [5, 5.41) is 4.54. The summed E-state index contributed by atoms with van der Waals surface area (Å²) in [6, 6.07) is 5.71. The number of benzene rings is 1. The highest BCUT2D eigenvalue weighted by Crippen LogP contribution is 2.21. The van der Waals surface area contributed by atoms with E-state index in [1.807, 2.05) is 6.92 Å². The molecule has 0 bridgehead atoms. The van der Waals surface area contributed by atoms with Gasteiger partial charge in [-0.2, -0.15) is 0 Å². The van der Waals surface area contributed by atoms with Crippen molar-refractivity contribution in [1.29, 1.82) is 0 Å². The number of rotatable bonds is 4. The highest BCUT2D eigenvalue weighted by molar-refractivity contribution is 6.22. The predicted octanol–water partition coefficient (Wildman–Crippen LogP) is 0.518. The van der Waals surface area contributed by atoms with E-state index >= 15 is 0 Å². The highest BCUT2D eigenvalue weighted by atomic mass is 16.2. The third kappa shape index (κ3) is 3.07. The van der Waals surface area contributed by atoms with Crippen LogP contribution in [0.3, 0.4) is 0 Å². The van der Waals surface area contributed by atoms with Crippen molar-refractivity contribution in [2.24, 2.45) is 0 Å². The van der Waals surface area contributed by atoms with Gasteiger partial charge in [0, 0.05) is 6.54 Å². The Kier molecular flexibility index (Phi) is 4.32. The van der Waals surface area contributed by atoms with E-state index in [0.717, 1.165) is 11.3 Å². The van der Waals surface area contributed by atoms with E-state index in [9.17, 15) is 19.2 Å². The summed E-state index contributed by atoms with van der Waals surface area (Å²) in [6.45, 7) is 1.83. The Morgan fingerprint density at radius 1 is 1.10 bits per heavy atom. The first-order chi connectivity index (χ1) is 10.0. The second-order valence-electron chi connectivity index (χ2n) is 4.55. The van der Waals surface area contributed by atoms with Gasteiger partial charge in [0.05, 0.1) is 11.1 Å². The van der Waals surface area contributed by atoms with Crippen LogP contribution in [0.4, 0.5) is 4.79 Å². The van der Waals surface area contributed by atoms with Gasteiger partial charge < -0.3 is 5.32 Å². The third-order valence-corrected chi connectivity index (χ3v) is 2.97. The first-order valence-electron chi connectivity index (χ1n) is 6.57. The summed E-state index contributed by atoms with van der Waals surface area (Å²) >= 11 is 0. The monoisotopic (exact) mass is 289 g/mol. The number of hydrogen-bond acceptors (Lipinski definition) is 4. The average Bonchev–Trinajstić information content (AvgIpc) is 2.71. The van der Waals surface area contributed by atoms with E-state index in [1.165, 1.54) is 12.1 Å². The molecular formula is C14H15N3O4. The van der Waals surface area contributed by atoms with Gasteiger partial charge in [-0.05, 0) is 18.6 Å². The molecule has 0 fully saturated rings. The summed E-state index contributed by atoms with van der Waals surface area (Å²) in [5.41, 5.74) is 0.538. The topological polar surface area (TPSA) is 95.6 Å². The van der Waals surface area contributed by atoms with Gasteiger partial charge in [0.2, 0.25) is 5.91 Å². The maximum Gasteiger partial charge on any atom is 0.321 e. The van der Waals surface area contributed by atoms with Crippen molar-refractivity contribution >= 4 is 23.8 Å². The molecule has 0 unspecified atom stereocenters. The molecule has 0 radical (unpaired) electrons. The molecular weight excluding hydrogens is 274 g/mol. The van der Waals surface area contributed by atoms with E-state index in [2.05, 4.69) is 10.6 Å². The van der Waals surface area contributed by atoms with E-state index in [-0.39, 0.29) is 11.1 Å². The maximum absolute atomic E-state index is 12.0. The van der Waals surface area contributed by atoms with Crippen LogP contribution >= 0.6 is 0 Å². The van der Waals surface area contributed by atoms with Crippen LogP contribution in [0, 0.1) is 0 Å². The van der Waals surface area contributed by atoms with Gasteiger partial charge in [0.25, 0.3) is 11.8 Å². The summed E-state index contributed by atoms with van der Waals surface area (Å²) < 4.78 is 0. The zero-order valence-corrected chi connectivity index (χ0v) is 11.5. The van der Waals surface area contributed by atoms with Crippen LogP contribution in [0.5, 0.6) is 0 Å². The summed E-state index contributed by atoms with van der Waals surface area (Å²) in [7, 11) is 0. The van der Waals surface area contributed by atoms with Crippen LogP contribution in [0.15, 0.2) is 24.3 Å². The number of nitrogens with zero attached hydrogens (tertiary/aromatic N) is 1. The first-order valence-corrected chi connectivity index (χ1v) is 6.57. The SMILES string of the molecule is CCCNC(=O)NC(=O)CN1C(=O)c2ccccc2C1=O. The third-order valence-electron chi connectivity index (χ3n) is 2.97. The minimum absolute atomic E-state index is 0.269. The van der Waals surface area contributed by atoms with Crippen molar-refractivity contribution in [3.63, 3.8) is 0 Å². The molecule has 7 heteroatoms. The second kappa shape index (κ2) is 6.17. The average molecular weight is 289 g/mol. The smallest absolute Gasteiger partial charge is 0.321 e. The summed E-state index contributed by atoms with van der Waals surface area (Å²) in [4.78, 5) is 47.9. The Labute approximate surface area is 121 Å². The lowest BCUT2D eigenvalue weighted by molar-refractivity contribution is -0.120. The van der Waals surface area contributed by atoms with Crippen LogP contribution in [-0.2, 0) is 4.79 Å². The number of nitrogens with one attached hydrogen (secondary N) is 2. The van der Waals surface area contributed by atoms with E-state index < -0.39 is 30.3 Å². The number of urea groups is 1. The zero-order chi connectivity index (χ0) is 15.4. The molecule has 1 heterocycles. The molecule has 2 N–H and O–H groups in total. The first kappa shape index (κ1) is 14.7. The Morgan fingerprint density at radius 3 is 2.19 bits per heavy atom. The lowest BCUT2D eigenvalue weighted by atomic mass is 10.1. The number of imide groups is 2.